The van der Waals surface area contributed by atoms with Crippen molar-refractivity contribution < 1.29 is 27.3 Å². The van der Waals surface area contributed by atoms with Crippen LogP contribution in [0, 0.1) is 0 Å². The zero-order valence-electron chi connectivity index (χ0n) is 14.3. The third-order valence-electron chi connectivity index (χ3n) is 4.07. The lowest BCUT2D eigenvalue weighted by atomic mass is 10.1. The van der Waals surface area contributed by atoms with Gasteiger partial charge in [-0.3, -0.25) is 4.79 Å². The van der Waals surface area contributed by atoms with Gasteiger partial charge in [-0.1, -0.05) is 29.4 Å². The fourth-order valence-corrected chi connectivity index (χ4v) is 2.64. The van der Waals surface area contributed by atoms with E-state index in [2.05, 4.69) is 20.0 Å². The average molecular weight is 383 g/mol. The smallest absolute Gasteiger partial charge is 0.341 e. The number of nitrogens with one attached hydrogen (secondary N) is 1. The fourth-order valence-electron chi connectivity index (χ4n) is 2.64. The van der Waals surface area contributed by atoms with E-state index < -0.39 is 12.1 Å². The lowest BCUT2D eigenvalue weighted by molar-refractivity contribution is -0.159. The summed E-state index contributed by atoms with van der Waals surface area (Å²) in [5.74, 6) is -1.74. The maximum Gasteiger partial charge on any atom is 0.471 e. The lowest BCUT2D eigenvalue weighted by Crippen LogP contribution is -2.53. The van der Waals surface area contributed by atoms with Crippen LogP contribution in [-0.4, -0.2) is 58.6 Å². The second-order valence-corrected chi connectivity index (χ2v) is 5.91. The van der Waals surface area contributed by atoms with Gasteiger partial charge in [-0.15, -0.1) is 0 Å². The number of amides is 3. The highest BCUT2D eigenvalue weighted by atomic mass is 19.4. The van der Waals surface area contributed by atoms with Crippen molar-refractivity contribution in [1.82, 2.24) is 25.3 Å². The number of nitrogens with zero attached hydrogens (tertiary/aromatic N) is 4. The highest BCUT2D eigenvalue weighted by molar-refractivity contribution is 5.85. The molecule has 0 saturated carbocycles. The van der Waals surface area contributed by atoms with Crippen LogP contribution < -0.4 is 5.32 Å². The molecule has 0 atom stereocenters. The molecule has 1 saturated heterocycles. The van der Waals surface area contributed by atoms with Crippen LogP contribution in [0.5, 0.6) is 0 Å². The number of rotatable bonds is 3. The van der Waals surface area contributed by atoms with Gasteiger partial charge in [-0.2, -0.15) is 18.2 Å². The molecule has 1 aliphatic heterocycles. The Kier molecular flexibility index (Phi) is 5.02. The van der Waals surface area contributed by atoms with Crippen LogP contribution in [0.15, 0.2) is 28.8 Å². The highest BCUT2D eigenvalue weighted by Crippen LogP contribution is 2.29. The third kappa shape index (κ3) is 4.18. The van der Waals surface area contributed by atoms with Gasteiger partial charge in [0, 0.05) is 32.2 Å². The van der Waals surface area contributed by atoms with Gasteiger partial charge in [0.05, 0.1) is 0 Å². The summed E-state index contributed by atoms with van der Waals surface area (Å²) in [5, 5.41) is 5.81. The minimum Gasteiger partial charge on any atom is -0.341 e. The molecule has 1 N–H and O–H groups in total. The molecule has 3 rings (SSSR count). The Morgan fingerprint density at radius 2 is 1.96 bits per heavy atom. The van der Waals surface area contributed by atoms with Crippen molar-refractivity contribution in [2.24, 2.45) is 0 Å². The molecule has 1 fully saturated rings. The van der Waals surface area contributed by atoms with Crippen molar-refractivity contribution in [2.75, 3.05) is 26.7 Å². The molecule has 0 aliphatic carbocycles. The van der Waals surface area contributed by atoms with Gasteiger partial charge in [-0.05, 0) is 5.56 Å². The van der Waals surface area contributed by atoms with Crippen LogP contribution in [0.1, 0.15) is 11.5 Å². The quantitative estimate of drug-likeness (QED) is 0.872. The van der Waals surface area contributed by atoms with E-state index in [0.29, 0.717) is 25.2 Å². The Morgan fingerprint density at radius 1 is 1.26 bits per heavy atom. The number of piperazine rings is 1. The average Bonchev–Trinajstić information content (AvgIpc) is 3.14. The van der Waals surface area contributed by atoms with Gasteiger partial charge >= 0.3 is 18.1 Å². The number of hydrogen-bond acceptors (Lipinski definition) is 5. The van der Waals surface area contributed by atoms with Crippen LogP contribution in [-0.2, 0) is 17.5 Å². The van der Waals surface area contributed by atoms with Crippen LogP contribution in [0.4, 0.5) is 18.0 Å². The van der Waals surface area contributed by atoms with Crippen molar-refractivity contribution in [3.63, 3.8) is 0 Å². The Balaban J connectivity index is 1.64. The number of benzene rings is 1. The van der Waals surface area contributed by atoms with E-state index in [9.17, 15) is 22.8 Å². The summed E-state index contributed by atoms with van der Waals surface area (Å²) in [6.45, 7) is 1.15. The number of carbonyl (C=O) groups is 2. The number of aromatic nitrogens is 2. The fraction of sp³-hybridized carbons (Fsp3) is 0.375. The molecule has 11 heteroatoms. The molecule has 1 aromatic heterocycles. The van der Waals surface area contributed by atoms with Crippen molar-refractivity contribution >= 4 is 11.9 Å². The Hall–Kier alpha value is -3.11. The first kappa shape index (κ1) is 18.7. The third-order valence-corrected chi connectivity index (χ3v) is 4.07. The van der Waals surface area contributed by atoms with Crippen molar-refractivity contribution in [3.05, 3.63) is 35.7 Å². The maximum absolute atomic E-state index is 12.5. The molecule has 2 heterocycles. The molecular formula is C16H16F3N5O3. The van der Waals surface area contributed by atoms with Crippen LogP contribution in [0.3, 0.4) is 0 Å². The van der Waals surface area contributed by atoms with E-state index in [1.807, 2.05) is 0 Å². The molecule has 0 radical (unpaired) electrons. The van der Waals surface area contributed by atoms with Gasteiger partial charge in [0.25, 0.3) is 0 Å². The summed E-state index contributed by atoms with van der Waals surface area (Å²) in [6.07, 6.45) is -4.69. The highest BCUT2D eigenvalue weighted by Gasteiger charge is 2.38. The second-order valence-electron chi connectivity index (χ2n) is 5.91. The van der Waals surface area contributed by atoms with Crippen molar-refractivity contribution in [3.8, 4) is 11.4 Å². The lowest BCUT2D eigenvalue weighted by Gasteiger charge is -2.34. The zero-order chi connectivity index (χ0) is 19.6. The van der Waals surface area contributed by atoms with Gasteiger partial charge in [0.2, 0.25) is 11.7 Å². The van der Waals surface area contributed by atoms with Crippen LogP contribution in [0.25, 0.3) is 11.4 Å². The largest absolute Gasteiger partial charge is 0.471 e. The van der Waals surface area contributed by atoms with Crippen molar-refractivity contribution in [2.45, 2.75) is 12.7 Å². The first-order valence-electron chi connectivity index (χ1n) is 8.02. The van der Waals surface area contributed by atoms with Crippen LogP contribution >= 0.6 is 0 Å². The minimum atomic E-state index is -4.69. The number of alkyl halides is 3. The molecule has 27 heavy (non-hydrogen) atoms. The number of hydrogen-bond donors (Lipinski definition) is 1. The van der Waals surface area contributed by atoms with Gasteiger partial charge in [0.1, 0.15) is 6.54 Å². The summed E-state index contributed by atoms with van der Waals surface area (Å²) in [6, 6.07) is 6.18. The van der Waals surface area contributed by atoms with Gasteiger partial charge < -0.3 is 19.6 Å². The van der Waals surface area contributed by atoms with E-state index >= 15 is 0 Å². The zero-order valence-corrected chi connectivity index (χ0v) is 14.3. The molecule has 2 aromatic rings. The summed E-state index contributed by atoms with van der Waals surface area (Å²) >= 11 is 0. The Labute approximate surface area is 151 Å². The molecule has 144 valence electrons. The number of carbonyl (C=O) groups excluding carboxylic acids is 2. The summed E-state index contributed by atoms with van der Waals surface area (Å²) in [5.41, 5.74) is 1.16. The van der Waals surface area contributed by atoms with Gasteiger partial charge in [-0.25, -0.2) is 4.79 Å². The van der Waals surface area contributed by atoms with E-state index in [4.69, 9.17) is 0 Å². The van der Waals surface area contributed by atoms with Gasteiger partial charge in [0.15, 0.2) is 0 Å². The monoisotopic (exact) mass is 383 g/mol. The Bertz CT molecular complexity index is 835. The molecule has 0 unspecified atom stereocenters. The number of urea groups is 1. The number of halogens is 3. The normalized spacial score (nSPS) is 15.2. The van der Waals surface area contributed by atoms with Crippen molar-refractivity contribution in [1.29, 1.82) is 0 Å². The molecule has 8 nitrogen and oxygen atoms in total. The molecule has 0 bridgehead atoms. The maximum atomic E-state index is 12.5. The minimum absolute atomic E-state index is 0.000829. The van der Waals surface area contributed by atoms with Crippen LogP contribution in [0.2, 0.25) is 0 Å². The summed E-state index contributed by atoms with van der Waals surface area (Å²) in [7, 11) is 1.50. The summed E-state index contributed by atoms with van der Waals surface area (Å²) in [4.78, 5) is 30.1. The topological polar surface area (TPSA) is 91.6 Å². The van der Waals surface area contributed by atoms with E-state index in [0.717, 1.165) is 5.56 Å². The first-order chi connectivity index (χ1) is 12.8. The molecular weight excluding hydrogens is 367 g/mol. The standard InChI is InChI=1S/C16H16F3N5O3/c1-20-15(26)24-7-6-23(12(25)9-24)8-10-2-4-11(5-3-10)13-21-14(27-22-13)16(17,18)19/h2-5H,6-9H2,1H3,(H,20,26). The molecule has 1 aliphatic rings. The molecule has 1 aromatic carbocycles. The predicted octanol–water partition coefficient (Wildman–Crippen LogP) is 1.74. The Morgan fingerprint density at radius 3 is 2.52 bits per heavy atom. The SMILES string of the molecule is CNC(=O)N1CCN(Cc2ccc(-c3noc(C(F)(F)F)n3)cc2)C(=O)C1. The van der Waals surface area contributed by atoms with E-state index in [-0.39, 0.29) is 24.3 Å². The first-order valence-corrected chi connectivity index (χ1v) is 8.02. The summed E-state index contributed by atoms with van der Waals surface area (Å²) < 4.78 is 41.8. The molecule has 3 amide bonds. The second kappa shape index (κ2) is 7.25. The predicted molar refractivity (Wildman–Crippen MR) is 86.2 cm³/mol. The molecule has 0 spiro atoms. The van der Waals surface area contributed by atoms with E-state index in [1.54, 1.807) is 29.2 Å². The van der Waals surface area contributed by atoms with E-state index in [1.165, 1.54) is 11.9 Å².